The molecule has 2 heterocycles. The molecular formula is C60H43BrN2S2. The lowest BCUT2D eigenvalue weighted by Gasteiger charge is -2.25. The lowest BCUT2D eigenvalue weighted by atomic mass is 10.0. The summed E-state index contributed by atoms with van der Waals surface area (Å²) in [5.74, 6) is 0. The second-order valence-electron chi connectivity index (χ2n) is 15.5. The molecule has 5 heteroatoms. The van der Waals surface area contributed by atoms with Crippen molar-refractivity contribution in [3.63, 3.8) is 0 Å². The van der Waals surface area contributed by atoms with Crippen molar-refractivity contribution in [1.29, 1.82) is 0 Å². The van der Waals surface area contributed by atoms with Gasteiger partial charge in [-0.25, -0.2) is 0 Å². The first-order valence-corrected chi connectivity index (χ1v) is 24.0. The van der Waals surface area contributed by atoms with Gasteiger partial charge in [-0.3, -0.25) is 0 Å². The van der Waals surface area contributed by atoms with E-state index in [4.69, 9.17) is 0 Å². The van der Waals surface area contributed by atoms with Gasteiger partial charge < -0.3 is 10.2 Å². The van der Waals surface area contributed by atoms with Crippen molar-refractivity contribution in [2.24, 2.45) is 0 Å². The highest BCUT2D eigenvalue weighted by molar-refractivity contribution is 9.10. The average molecular weight is 936 g/mol. The highest BCUT2D eigenvalue weighted by atomic mass is 79.9. The highest BCUT2D eigenvalue weighted by Gasteiger charge is 2.14. The van der Waals surface area contributed by atoms with E-state index in [9.17, 15) is 0 Å². The number of anilines is 5. The first kappa shape index (κ1) is 41.7. The lowest BCUT2D eigenvalue weighted by molar-refractivity contribution is 1.28. The minimum absolute atomic E-state index is 1.12. The fourth-order valence-corrected chi connectivity index (χ4v) is 10.9. The van der Waals surface area contributed by atoms with Crippen molar-refractivity contribution in [2.75, 3.05) is 10.2 Å². The van der Waals surface area contributed by atoms with Gasteiger partial charge in [0.2, 0.25) is 0 Å². The Morgan fingerprint density at radius 3 is 1.11 bits per heavy atom. The molecule has 12 aromatic rings. The predicted molar refractivity (Wildman–Crippen MR) is 288 cm³/mol. The maximum atomic E-state index is 3.50. The number of nitrogens with zero attached hydrogens (tertiary/aromatic N) is 1. The molecule has 312 valence electrons. The van der Waals surface area contributed by atoms with E-state index in [-0.39, 0.29) is 0 Å². The van der Waals surface area contributed by atoms with Crippen LogP contribution >= 0.6 is 38.6 Å². The van der Waals surface area contributed by atoms with Crippen LogP contribution in [0.5, 0.6) is 0 Å². The summed E-state index contributed by atoms with van der Waals surface area (Å²) >= 11 is 7.25. The molecule has 2 nitrogen and oxygen atoms in total. The van der Waals surface area contributed by atoms with Crippen LogP contribution in [0.15, 0.2) is 259 Å². The molecule has 12 rings (SSSR count). The summed E-state index contributed by atoms with van der Waals surface area (Å²) in [6.45, 7) is 0. The Morgan fingerprint density at radius 1 is 0.308 bits per heavy atom. The largest absolute Gasteiger partial charge is 0.356 e. The summed E-state index contributed by atoms with van der Waals surface area (Å²) < 4.78 is 6.53. The molecule has 0 saturated carbocycles. The van der Waals surface area contributed by atoms with Crippen molar-refractivity contribution in [1.82, 2.24) is 0 Å². The van der Waals surface area contributed by atoms with E-state index >= 15 is 0 Å². The van der Waals surface area contributed by atoms with E-state index in [1.54, 1.807) is 0 Å². The van der Waals surface area contributed by atoms with Gasteiger partial charge in [-0.1, -0.05) is 186 Å². The van der Waals surface area contributed by atoms with Crippen LogP contribution in [0.2, 0.25) is 0 Å². The number of para-hydroxylation sites is 4. The van der Waals surface area contributed by atoms with Crippen LogP contribution in [0.1, 0.15) is 0 Å². The number of nitrogens with one attached hydrogen (secondary N) is 1. The lowest BCUT2D eigenvalue weighted by Crippen LogP contribution is -2.09. The van der Waals surface area contributed by atoms with Crippen LogP contribution in [0, 0.1) is 0 Å². The normalized spacial score (nSPS) is 10.8. The molecule has 0 aliphatic carbocycles. The molecule has 0 saturated heterocycles. The van der Waals surface area contributed by atoms with Crippen molar-refractivity contribution < 1.29 is 0 Å². The average Bonchev–Trinajstić information content (AvgIpc) is 3.96. The van der Waals surface area contributed by atoms with E-state index in [1.165, 1.54) is 62.6 Å². The van der Waals surface area contributed by atoms with Gasteiger partial charge >= 0.3 is 0 Å². The molecule has 1 N–H and O–H groups in total. The minimum Gasteiger partial charge on any atom is -0.356 e. The summed E-state index contributed by atoms with van der Waals surface area (Å²) in [7, 11) is 0. The monoisotopic (exact) mass is 934 g/mol. The number of benzene rings is 10. The van der Waals surface area contributed by atoms with Gasteiger partial charge in [0, 0.05) is 73.3 Å². The first-order valence-electron chi connectivity index (χ1n) is 21.6. The predicted octanol–water partition coefficient (Wildman–Crippen LogP) is 19.1. The molecule has 0 amide bonds. The molecule has 0 fully saturated rings. The summed E-state index contributed by atoms with van der Waals surface area (Å²) in [4.78, 5) is 2.30. The number of fused-ring (bicyclic) bond motifs is 6. The van der Waals surface area contributed by atoms with E-state index < -0.39 is 0 Å². The van der Waals surface area contributed by atoms with Gasteiger partial charge in [0.15, 0.2) is 0 Å². The van der Waals surface area contributed by atoms with E-state index in [2.05, 4.69) is 220 Å². The zero-order valence-electron chi connectivity index (χ0n) is 35.4. The molecule has 0 unspecified atom stereocenters. The van der Waals surface area contributed by atoms with Crippen LogP contribution in [-0.4, -0.2) is 0 Å². The van der Waals surface area contributed by atoms with E-state index in [0.717, 1.165) is 32.9 Å². The third-order valence-corrected chi connectivity index (χ3v) is 14.2. The quantitative estimate of drug-likeness (QED) is 0.171. The number of rotatable bonds is 7. The molecule has 0 atom stereocenters. The van der Waals surface area contributed by atoms with E-state index in [0.29, 0.717) is 0 Å². The number of thiophene rings is 2. The molecule has 65 heavy (non-hydrogen) atoms. The van der Waals surface area contributed by atoms with Crippen LogP contribution in [0.25, 0.3) is 62.6 Å². The maximum absolute atomic E-state index is 3.50. The van der Waals surface area contributed by atoms with Crippen molar-refractivity contribution >= 4 is 107 Å². The topological polar surface area (TPSA) is 15.3 Å². The highest BCUT2D eigenvalue weighted by Crippen LogP contribution is 2.42. The molecule has 0 aliphatic heterocycles. The maximum Gasteiger partial charge on any atom is 0.0462 e. The minimum atomic E-state index is 1.12. The standard InChI is InChI=1S/C30H21NS.C18H11BrS.C12H11N/c1-3-10-23(11-4-1)31(24-12-5-2-6-13-24)25-20-18-22(19-21-25)26-15-9-16-28-27-14-7-8-17-29(27)32-30(26)28;19-13-10-8-12(9-11-13)14-5-3-6-16-15-4-1-2-7-17(15)20-18(14)16;1-3-7-11(8-4-1)13-12-9-5-2-6-10-12/h1-21H;1-11H;1-10,13H. The molecule has 0 aliphatic rings. The third-order valence-electron chi connectivity index (χ3n) is 11.3. The second kappa shape index (κ2) is 19.6. The van der Waals surface area contributed by atoms with Gasteiger partial charge in [0.05, 0.1) is 0 Å². The van der Waals surface area contributed by atoms with Crippen LogP contribution in [0.3, 0.4) is 0 Å². The van der Waals surface area contributed by atoms with Gasteiger partial charge in [-0.15, -0.1) is 22.7 Å². The van der Waals surface area contributed by atoms with Crippen molar-refractivity contribution in [3.8, 4) is 22.3 Å². The first-order chi connectivity index (χ1) is 32.2. The summed E-state index contributed by atoms with van der Waals surface area (Å²) in [5, 5.41) is 8.68. The Balaban J connectivity index is 0.000000128. The van der Waals surface area contributed by atoms with Gasteiger partial charge in [-0.05, 0) is 107 Å². The smallest absolute Gasteiger partial charge is 0.0462 e. The van der Waals surface area contributed by atoms with Crippen LogP contribution in [-0.2, 0) is 0 Å². The Bertz CT molecular complexity index is 3360. The Labute approximate surface area is 396 Å². The number of hydrogen-bond donors (Lipinski definition) is 1. The van der Waals surface area contributed by atoms with Gasteiger partial charge in [0.25, 0.3) is 0 Å². The Kier molecular flexibility index (Phi) is 12.6. The third kappa shape index (κ3) is 9.36. The molecular weight excluding hydrogens is 893 g/mol. The zero-order chi connectivity index (χ0) is 43.8. The van der Waals surface area contributed by atoms with Crippen LogP contribution in [0.4, 0.5) is 28.4 Å². The SMILES string of the molecule is Brc1ccc(-c2cccc3c2sc2ccccc23)cc1.c1ccc(N(c2ccccc2)c2ccc(-c3cccc4c3sc3ccccc34)cc2)cc1.c1ccc(Nc2ccccc2)cc1. The molecule has 2 aromatic heterocycles. The molecule has 10 aromatic carbocycles. The van der Waals surface area contributed by atoms with Gasteiger partial charge in [-0.2, -0.15) is 0 Å². The van der Waals surface area contributed by atoms with Gasteiger partial charge in [0.1, 0.15) is 0 Å². The van der Waals surface area contributed by atoms with E-state index in [1.807, 2.05) is 83.3 Å². The van der Waals surface area contributed by atoms with Crippen molar-refractivity contribution in [2.45, 2.75) is 0 Å². The Morgan fingerprint density at radius 2 is 0.662 bits per heavy atom. The van der Waals surface area contributed by atoms with Crippen LogP contribution < -0.4 is 10.2 Å². The summed E-state index contributed by atoms with van der Waals surface area (Å²) in [5.41, 5.74) is 10.8. The number of hydrogen-bond acceptors (Lipinski definition) is 4. The Hall–Kier alpha value is -7.28. The molecule has 0 spiro atoms. The fraction of sp³-hybridized carbons (Fsp3) is 0. The summed E-state index contributed by atoms with van der Waals surface area (Å²) in [6.07, 6.45) is 0. The zero-order valence-corrected chi connectivity index (χ0v) is 38.6. The number of halogens is 1. The second-order valence-corrected chi connectivity index (χ2v) is 18.5. The molecule has 0 bridgehead atoms. The summed E-state index contributed by atoms with van der Waals surface area (Å²) in [6, 6.07) is 89.3. The van der Waals surface area contributed by atoms with Crippen molar-refractivity contribution in [3.05, 3.63) is 259 Å². The fourth-order valence-electron chi connectivity index (χ4n) is 8.18. The molecule has 0 radical (unpaired) electrons.